The predicted octanol–water partition coefficient (Wildman–Crippen LogP) is 3.14. The summed E-state index contributed by atoms with van der Waals surface area (Å²) in [6, 6.07) is 2.00. The lowest BCUT2D eigenvalue weighted by Gasteiger charge is -2.20. The number of aromatic nitrogens is 2. The number of aryl methyl sites for hydroxylation is 2. The number of furan rings is 1. The predicted molar refractivity (Wildman–Crippen MR) is 81.1 cm³/mol. The third-order valence-electron chi connectivity index (χ3n) is 3.21. The van der Waals surface area contributed by atoms with Gasteiger partial charge in [-0.15, -0.1) is 0 Å². The average molecular weight is 274 g/mol. The van der Waals surface area contributed by atoms with Crippen molar-refractivity contribution in [3.05, 3.63) is 35.4 Å². The summed E-state index contributed by atoms with van der Waals surface area (Å²) in [6.07, 6.45) is 4.63. The molecule has 0 atom stereocenters. The maximum absolute atomic E-state index is 5.34. The molecule has 0 fully saturated rings. The van der Waals surface area contributed by atoms with Gasteiger partial charge in [-0.05, 0) is 26.3 Å². The van der Waals surface area contributed by atoms with E-state index in [0.717, 1.165) is 36.7 Å². The molecule has 2 aromatic heterocycles. The zero-order valence-corrected chi connectivity index (χ0v) is 12.6. The Labute approximate surface area is 120 Å². The fourth-order valence-corrected chi connectivity index (χ4v) is 2.05. The van der Waals surface area contributed by atoms with Crippen LogP contribution in [-0.4, -0.2) is 23.6 Å². The molecule has 2 aromatic rings. The second-order valence-corrected chi connectivity index (χ2v) is 4.99. The number of nitrogens with one attached hydrogen (secondary N) is 1. The SMILES string of the molecule is CCCNc1ncc(C)c(N(C)Cc2ccoc2C)n1. The summed E-state index contributed by atoms with van der Waals surface area (Å²) in [6.45, 7) is 7.78. The summed E-state index contributed by atoms with van der Waals surface area (Å²) in [5.41, 5.74) is 2.24. The van der Waals surface area contributed by atoms with Gasteiger partial charge in [0, 0.05) is 37.5 Å². The largest absolute Gasteiger partial charge is 0.469 e. The van der Waals surface area contributed by atoms with Crippen molar-refractivity contribution in [2.45, 2.75) is 33.7 Å². The molecule has 0 saturated carbocycles. The first kappa shape index (κ1) is 14.4. The summed E-state index contributed by atoms with van der Waals surface area (Å²) in [5, 5.41) is 3.22. The van der Waals surface area contributed by atoms with Gasteiger partial charge in [-0.3, -0.25) is 0 Å². The number of nitrogens with zero attached hydrogens (tertiary/aromatic N) is 3. The highest BCUT2D eigenvalue weighted by Crippen LogP contribution is 2.20. The van der Waals surface area contributed by atoms with Crippen LogP contribution in [0.15, 0.2) is 22.9 Å². The van der Waals surface area contributed by atoms with Gasteiger partial charge in [-0.2, -0.15) is 4.98 Å². The van der Waals surface area contributed by atoms with E-state index in [-0.39, 0.29) is 0 Å². The van der Waals surface area contributed by atoms with E-state index in [1.807, 2.05) is 33.2 Å². The van der Waals surface area contributed by atoms with E-state index >= 15 is 0 Å². The molecule has 5 heteroatoms. The molecule has 0 saturated heterocycles. The second-order valence-electron chi connectivity index (χ2n) is 4.99. The van der Waals surface area contributed by atoms with E-state index in [2.05, 4.69) is 27.1 Å². The van der Waals surface area contributed by atoms with E-state index < -0.39 is 0 Å². The highest BCUT2D eigenvalue weighted by Gasteiger charge is 2.11. The Morgan fingerprint density at radius 2 is 2.15 bits per heavy atom. The molecule has 0 spiro atoms. The van der Waals surface area contributed by atoms with Crippen molar-refractivity contribution < 1.29 is 4.42 Å². The first-order valence-corrected chi connectivity index (χ1v) is 6.93. The maximum Gasteiger partial charge on any atom is 0.224 e. The summed E-state index contributed by atoms with van der Waals surface area (Å²) < 4.78 is 5.34. The highest BCUT2D eigenvalue weighted by atomic mass is 16.3. The molecule has 0 amide bonds. The van der Waals surface area contributed by atoms with Crippen molar-refractivity contribution in [1.82, 2.24) is 9.97 Å². The fourth-order valence-electron chi connectivity index (χ4n) is 2.05. The normalized spacial score (nSPS) is 10.6. The van der Waals surface area contributed by atoms with Crippen LogP contribution in [0.2, 0.25) is 0 Å². The van der Waals surface area contributed by atoms with Crippen LogP contribution in [0.3, 0.4) is 0 Å². The van der Waals surface area contributed by atoms with Crippen LogP contribution in [0.5, 0.6) is 0 Å². The summed E-state index contributed by atoms with van der Waals surface area (Å²) in [7, 11) is 2.03. The molecular formula is C15H22N4O. The first-order valence-electron chi connectivity index (χ1n) is 6.93. The Hall–Kier alpha value is -2.04. The maximum atomic E-state index is 5.34. The standard InChI is InChI=1S/C15H22N4O/c1-5-7-16-15-17-9-11(2)14(18-15)19(4)10-13-6-8-20-12(13)3/h6,8-9H,5,7,10H2,1-4H3,(H,16,17,18). The third-order valence-corrected chi connectivity index (χ3v) is 3.21. The van der Waals surface area contributed by atoms with Crippen LogP contribution in [0.25, 0.3) is 0 Å². The van der Waals surface area contributed by atoms with Crippen LogP contribution in [0.4, 0.5) is 11.8 Å². The Morgan fingerprint density at radius 3 is 2.80 bits per heavy atom. The molecule has 1 N–H and O–H groups in total. The summed E-state index contributed by atoms with van der Waals surface area (Å²) in [4.78, 5) is 11.0. The molecule has 2 heterocycles. The Balaban J connectivity index is 2.15. The lowest BCUT2D eigenvalue weighted by atomic mass is 10.2. The Bertz CT molecular complexity index is 565. The third kappa shape index (κ3) is 3.29. The lowest BCUT2D eigenvalue weighted by Crippen LogP contribution is -2.20. The Morgan fingerprint density at radius 1 is 1.35 bits per heavy atom. The topological polar surface area (TPSA) is 54.2 Å². The van der Waals surface area contributed by atoms with Gasteiger partial charge in [0.1, 0.15) is 11.6 Å². The molecule has 0 aromatic carbocycles. The highest BCUT2D eigenvalue weighted by molar-refractivity contribution is 5.48. The minimum atomic E-state index is 0.684. The van der Waals surface area contributed by atoms with Crippen LogP contribution in [0, 0.1) is 13.8 Å². The van der Waals surface area contributed by atoms with Crippen molar-refractivity contribution in [3.63, 3.8) is 0 Å². The molecule has 0 unspecified atom stereocenters. The van der Waals surface area contributed by atoms with E-state index in [4.69, 9.17) is 4.42 Å². The van der Waals surface area contributed by atoms with Crippen molar-refractivity contribution in [2.75, 3.05) is 23.8 Å². The van der Waals surface area contributed by atoms with E-state index in [1.165, 1.54) is 5.56 Å². The molecule has 0 bridgehead atoms. The monoisotopic (exact) mass is 274 g/mol. The minimum absolute atomic E-state index is 0.684. The van der Waals surface area contributed by atoms with E-state index in [1.54, 1.807) is 6.26 Å². The number of rotatable bonds is 6. The van der Waals surface area contributed by atoms with Crippen LogP contribution in [0.1, 0.15) is 30.2 Å². The smallest absolute Gasteiger partial charge is 0.224 e. The number of anilines is 2. The molecule has 20 heavy (non-hydrogen) atoms. The van der Waals surface area contributed by atoms with Gasteiger partial charge in [0.25, 0.3) is 0 Å². The van der Waals surface area contributed by atoms with Crippen molar-refractivity contribution in [2.24, 2.45) is 0 Å². The minimum Gasteiger partial charge on any atom is -0.469 e. The van der Waals surface area contributed by atoms with Crippen LogP contribution >= 0.6 is 0 Å². The summed E-state index contributed by atoms with van der Waals surface area (Å²) in [5.74, 6) is 2.58. The van der Waals surface area contributed by atoms with Crippen molar-refractivity contribution in [1.29, 1.82) is 0 Å². The Kier molecular flexibility index (Phi) is 4.61. The van der Waals surface area contributed by atoms with E-state index in [9.17, 15) is 0 Å². The van der Waals surface area contributed by atoms with E-state index in [0.29, 0.717) is 5.95 Å². The zero-order chi connectivity index (χ0) is 14.5. The molecule has 108 valence electrons. The first-order chi connectivity index (χ1) is 9.61. The van der Waals surface area contributed by atoms with Crippen molar-refractivity contribution >= 4 is 11.8 Å². The molecule has 0 radical (unpaired) electrons. The molecule has 0 aliphatic carbocycles. The quantitative estimate of drug-likeness (QED) is 0.877. The summed E-state index contributed by atoms with van der Waals surface area (Å²) >= 11 is 0. The van der Waals surface area contributed by atoms with Gasteiger partial charge in [-0.25, -0.2) is 4.98 Å². The fraction of sp³-hybridized carbons (Fsp3) is 0.467. The van der Waals surface area contributed by atoms with Gasteiger partial charge in [0.15, 0.2) is 0 Å². The van der Waals surface area contributed by atoms with Crippen LogP contribution < -0.4 is 10.2 Å². The number of hydrogen-bond acceptors (Lipinski definition) is 5. The molecule has 2 rings (SSSR count). The van der Waals surface area contributed by atoms with Crippen LogP contribution in [-0.2, 0) is 6.54 Å². The molecule has 0 aliphatic heterocycles. The zero-order valence-electron chi connectivity index (χ0n) is 12.6. The van der Waals surface area contributed by atoms with Gasteiger partial charge in [-0.1, -0.05) is 6.92 Å². The van der Waals surface area contributed by atoms with Gasteiger partial charge in [0.2, 0.25) is 5.95 Å². The molecule has 5 nitrogen and oxygen atoms in total. The number of hydrogen-bond donors (Lipinski definition) is 1. The molecular weight excluding hydrogens is 252 g/mol. The van der Waals surface area contributed by atoms with Gasteiger partial charge in [0.05, 0.1) is 6.26 Å². The lowest BCUT2D eigenvalue weighted by molar-refractivity contribution is 0.529. The van der Waals surface area contributed by atoms with Gasteiger partial charge < -0.3 is 14.6 Å². The second kappa shape index (κ2) is 6.41. The average Bonchev–Trinajstić information content (AvgIpc) is 2.83. The molecule has 0 aliphatic rings. The van der Waals surface area contributed by atoms with Crippen molar-refractivity contribution in [3.8, 4) is 0 Å². The van der Waals surface area contributed by atoms with Gasteiger partial charge >= 0.3 is 0 Å².